The molecule has 0 saturated carbocycles. The highest BCUT2D eigenvalue weighted by Gasteiger charge is 2.18. The van der Waals surface area contributed by atoms with Gasteiger partial charge in [0.25, 0.3) is 5.91 Å². The average Bonchev–Trinajstić information content (AvgIpc) is 2.38. The number of hydrogen-bond donors (Lipinski definition) is 2. The van der Waals surface area contributed by atoms with Crippen LogP contribution in [0.4, 0.5) is 0 Å². The van der Waals surface area contributed by atoms with Crippen molar-refractivity contribution in [3.05, 3.63) is 23.5 Å². The Bertz CT molecular complexity index is 458. The first kappa shape index (κ1) is 16.4. The van der Waals surface area contributed by atoms with E-state index in [4.69, 9.17) is 10.5 Å². The van der Waals surface area contributed by atoms with Crippen molar-refractivity contribution >= 4 is 5.91 Å². The highest BCUT2D eigenvalue weighted by molar-refractivity contribution is 5.78. The standard InChI is InChI=1S/C15H25N3O2/c1-5-15(3,4)18-14(19)10-20-13-7-6-11(2)17-12(13)8-9-16/h6-7H,5,8-10,16H2,1-4H3,(H,18,19). The number of rotatable bonds is 7. The molecule has 1 aromatic rings. The molecule has 0 aromatic carbocycles. The highest BCUT2D eigenvalue weighted by Crippen LogP contribution is 2.17. The summed E-state index contributed by atoms with van der Waals surface area (Å²) in [5.41, 5.74) is 7.06. The van der Waals surface area contributed by atoms with Gasteiger partial charge in [-0.25, -0.2) is 0 Å². The van der Waals surface area contributed by atoms with Crippen molar-refractivity contribution in [3.8, 4) is 5.75 Å². The first-order valence-electron chi connectivity index (χ1n) is 6.98. The van der Waals surface area contributed by atoms with Crippen molar-refractivity contribution in [2.24, 2.45) is 5.73 Å². The third-order valence-corrected chi connectivity index (χ3v) is 3.17. The van der Waals surface area contributed by atoms with Gasteiger partial charge < -0.3 is 15.8 Å². The maximum absolute atomic E-state index is 11.8. The molecule has 112 valence electrons. The number of pyridine rings is 1. The summed E-state index contributed by atoms with van der Waals surface area (Å²) in [7, 11) is 0. The lowest BCUT2D eigenvalue weighted by atomic mass is 10.0. The fourth-order valence-corrected chi connectivity index (χ4v) is 1.69. The monoisotopic (exact) mass is 279 g/mol. The molecule has 5 nitrogen and oxygen atoms in total. The average molecular weight is 279 g/mol. The smallest absolute Gasteiger partial charge is 0.258 e. The van der Waals surface area contributed by atoms with Crippen LogP contribution in [0.1, 0.15) is 38.6 Å². The van der Waals surface area contributed by atoms with Gasteiger partial charge in [-0.1, -0.05) is 6.92 Å². The summed E-state index contributed by atoms with van der Waals surface area (Å²) in [6, 6.07) is 3.70. The maximum atomic E-state index is 11.8. The van der Waals surface area contributed by atoms with E-state index in [1.54, 1.807) is 0 Å². The highest BCUT2D eigenvalue weighted by atomic mass is 16.5. The third-order valence-electron chi connectivity index (χ3n) is 3.17. The molecule has 0 aliphatic rings. The van der Waals surface area contributed by atoms with Crippen molar-refractivity contribution < 1.29 is 9.53 Å². The van der Waals surface area contributed by atoms with Crippen LogP contribution < -0.4 is 15.8 Å². The van der Waals surface area contributed by atoms with Gasteiger partial charge in [-0.3, -0.25) is 9.78 Å². The predicted molar refractivity (Wildman–Crippen MR) is 79.7 cm³/mol. The van der Waals surface area contributed by atoms with Crippen molar-refractivity contribution in [1.82, 2.24) is 10.3 Å². The molecule has 1 amide bonds. The summed E-state index contributed by atoms with van der Waals surface area (Å²) in [5, 5.41) is 2.93. The first-order valence-corrected chi connectivity index (χ1v) is 6.98. The summed E-state index contributed by atoms with van der Waals surface area (Å²) < 4.78 is 5.57. The quantitative estimate of drug-likeness (QED) is 0.794. The minimum atomic E-state index is -0.216. The van der Waals surface area contributed by atoms with E-state index in [0.717, 1.165) is 17.8 Å². The minimum absolute atomic E-state index is 0.00819. The molecule has 0 spiro atoms. The second kappa shape index (κ2) is 7.24. The van der Waals surface area contributed by atoms with Gasteiger partial charge in [0.15, 0.2) is 6.61 Å². The third kappa shape index (κ3) is 5.17. The molecule has 1 rings (SSSR count). The number of amides is 1. The number of aromatic nitrogens is 1. The van der Waals surface area contributed by atoms with Crippen LogP contribution in [-0.4, -0.2) is 29.6 Å². The Balaban J connectivity index is 2.63. The fraction of sp³-hybridized carbons (Fsp3) is 0.600. The molecule has 0 bridgehead atoms. The topological polar surface area (TPSA) is 77.2 Å². The SMILES string of the molecule is CCC(C)(C)NC(=O)COc1ccc(C)nc1CCN. The van der Waals surface area contributed by atoms with E-state index in [0.29, 0.717) is 18.7 Å². The molecular weight excluding hydrogens is 254 g/mol. The first-order chi connectivity index (χ1) is 9.38. The number of carbonyl (C=O) groups is 1. The summed E-state index contributed by atoms with van der Waals surface area (Å²) in [5.74, 6) is 0.502. The molecule has 20 heavy (non-hydrogen) atoms. The van der Waals surface area contributed by atoms with Crippen LogP contribution in [0, 0.1) is 6.92 Å². The molecule has 1 heterocycles. The Morgan fingerprint density at radius 3 is 2.75 bits per heavy atom. The van der Waals surface area contributed by atoms with Crippen molar-refractivity contribution in [3.63, 3.8) is 0 Å². The number of ether oxygens (including phenoxy) is 1. The van der Waals surface area contributed by atoms with Gasteiger partial charge in [0, 0.05) is 17.7 Å². The fourth-order valence-electron chi connectivity index (χ4n) is 1.69. The van der Waals surface area contributed by atoms with Gasteiger partial charge in [0.05, 0.1) is 5.69 Å². The minimum Gasteiger partial charge on any atom is -0.482 e. The molecule has 0 atom stereocenters. The van der Waals surface area contributed by atoms with E-state index in [-0.39, 0.29) is 18.1 Å². The normalized spacial score (nSPS) is 11.2. The van der Waals surface area contributed by atoms with Gasteiger partial charge in [-0.2, -0.15) is 0 Å². The number of carbonyl (C=O) groups excluding carboxylic acids is 1. The second-order valence-corrected chi connectivity index (χ2v) is 5.51. The zero-order valence-electron chi connectivity index (χ0n) is 12.8. The van der Waals surface area contributed by atoms with E-state index in [1.165, 1.54) is 0 Å². The molecule has 0 saturated heterocycles. The van der Waals surface area contributed by atoms with Crippen LogP contribution >= 0.6 is 0 Å². The molecule has 5 heteroatoms. The molecule has 0 fully saturated rings. The number of aryl methyl sites for hydroxylation is 1. The van der Waals surface area contributed by atoms with Gasteiger partial charge >= 0.3 is 0 Å². The van der Waals surface area contributed by atoms with E-state index in [9.17, 15) is 4.79 Å². The molecule has 3 N–H and O–H groups in total. The zero-order valence-corrected chi connectivity index (χ0v) is 12.8. The summed E-state index contributed by atoms with van der Waals surface area (Å²) in [6.07, 6.45) is 1.50. The number of nitrogens with two attached hydrogens (primary N) is 1. The predicted octanol–water partition coefficient (Wildman–Crippen LogP) is 1.57. The van der Waals surface area contributed by atoms with Crippen LogP contribution in [0.5, 0.6) is 5.75 Å². The maximum Gasteiger partial charge on any atom is 0.258 e. The molecule has 0 aliphatic carbocycles. The lowest BCUT2D eigenvalue weighted by Crippen LogP contribution is -2.44. The van der Waals surface area contributed by atoms with Gasteiger partial charge in [-0.05, 0) is 45.9 Å². The van der Waals surface area contributed by atoms with E-state index < -0.39 is 0 Å². The summed E-state index contributed by atoms with van der Waals surface area (Å²) in [4.78, 5) is 16.2. The largest absolute Gasteiger partial charge is 0.482 e. The van der Waals surface area contributed by atoms with Crippen LogP contribution in [0.3, 0.4) is 0 Å². The summed E-state index contributed by atoms with van der Waals surface area (Å²) in [6.45, 7) is 8.41. The number of hydrogen-bond acceptors (Lipinski definition) is 4. The van der Waals surface area contributed by atoms with Crippen molar-refractivity contribution in [1.29, 1.82) is 0 Å². The second-order valence-electron chi connectivity index (χ2n) is 5.51. The van der Waals surface area contributed by atoms with Crippen LogP contribution in [0.2, 0.25) is 0 Å². The molecule has 1 aromatic heterocycles. The van der Waals surface area contributed by atoms with Crippen molar-refractivity contribution in [2.45, 2.75) is 46.1 Å². The number of nitrogens with one attached hydrogen (secondary N) is 1. The molecule has 0 unspecified atom stereocenters. The van der Waals surface area contributed by atoms with Crippen LogP contribution in [0.25, 0.3) is 0 Å². The Hall–Kier alpha value is -1.62. The number of nitrogens with zero attached hydrogens (tertiary/aromatic N) is 1. The lowest BCUT2D eigenvalue weighted by Gasteiger charge is -2.24. The molecular formula is C15H25N3O2. The van der Waals surface area contributed by atoms with Gasteiger partial charge in [-0.15, -0.1) is 0 Å². The van der Waals surface area contributed by atoms with Gasteiger partial charge in [0.1, 0.15) is 5.75 Å². The Labute approximate surface area is 120 Å². The van der Waals surface area contributed by atoms with Crippen LogP contribution in [-0.2, 0) is 11.2 Å². The molecule has 0 aliphatic heterocycles. The Morgan fingerprint density at radius 2 is 2.15 bits per heavy atom. The van der Waals surface area contributed by atoms with Gasteiger partial charge in [0.2, 0.25) is 0 Å². The van der Waals surface area contributed by atoms with Crippen LogP contribution in [0.15, 0.2) is 12.1 Å². The molecule has 0 radical (unpaired) electrons. The van der Waals surface area contributed by atoms with E-state index >= 15 is 0 Å². The van der Waals surface area contributed by atoms with Crippen molar-refractivity contribution in [2.75, 3.05) is 13.2 Å². The van der Waals surface area contributed by atoms with E-state index in [2.05, 4.69) is 10.3 Å². The van der Waals surface area contributed by atoms with E-state index in [1.807, 2.05) is 39.8 Å². The Morgan fingerprint density at radius 1 is 1.45 bits per heavy atom. The summed E-state index contributed by atoms with van der Waals surface area (Å²) >= 11 is 0. The Kier molecular flexibility index (Phi) is 5.95. The lowest BCUT2D eigenvalue weighted by molar-refractivity contribution is -0.124. The zero-order chi connectivity index (χ0) is 15.2.